The van der Waals surface area contributed by atoms with Crippen LogP contribution in [0.4, 0.5) is 23.4 Å². The lowest BCUT2D eigenvalue weighted by molar-refractivity contribution is -0.137. The van der Waals surface area contributed by atoms with Crippen LogP contribution in [0.2, 0.25) is 0 Å². The van der Waals surface area contributed by atoms with Gasteiger partial charge in [-0.3, -0.25) is 0 Å². The molecule has 2 N–H and O–H groups in total. The van der Waals surface area contributed by atoms with E-state index < -0.39 is 17.6 Å². The maximum Gasteiger partial charge on any atom is 0.416 e. The molecule has 1 heterocycles. The number of rotatable bonds is 2. The fourth-order valence-corrected chi connectivity index (χ4v) is 1.72. The number of anilines is 1. The number of nitrogens with zero attached hydrogens (tertiary/aromatic N) is 1. The molecule has 0 aliphatic carbocycles. The number of hydrogen-bond donors (Lipinski definition) is 1. The number of hydrogen-bond acceptors (Lipinski definition) is 2. The maximum atomic E-state index is 13.0. The highest BCUT2D eigenvalue weighted by Gasteiger charge is 2.31. The molecule has 0 radical (unpaired) electrons. The van der Waals surface area contributed by atoms with Gasteiger partial charge in [0.1, 0.15) is 11.6 Å². The molecule has 1 aromatic heterocycles. The molecule has 0 fully saturated rings. The summed E-state index contributed by atoms with van der Waals surface area (Å²) in [5.74, 6) is -0.654. The van der Waals surface area contributed by atoms with E-state index in [0.717, 1.165) is 12.1 Å². The number of halogens is 4. The van der Waals surface area contributed by atoms with Crippen LogP contribution in [0.15, 0.2) is 36.4 Å². The molecule has 0 bridgehead atoms. The molecular formula is C13H10F4N2. The fourth-order valence-electron chi connectivity index (χ4n) is 1.72. The molecule has 0 aliphatic heterocycles. The summed E-state index contributed by atoms with van der Waals surface area (Å²) < 4.78 is 50.8. The van der Waals surface area contributed by atoms with Gasteiger partial charge in [-0.05, 0) is 29.8 Å². The number of benzene rings is 1. The number of pyridine rings is 1. The van der Waals surface area contributed by atoms with E-state index in [1.807, 2.05) is 0 Å². The zero-order chi connectivity index (χ0) is 14.0. The van der Waals surface area contributed by atoms with Crippen molar-refractivity contribution in [2.45, 2.75) is 12.6 Å². The van der Waals surface area contributed by atoms with Crippen LogP contribution in [0, 0.1) is 5.82 Å². The lowest BCUT2D eigenvalue weighted by Crippen LogP contribution is -2.08. The number of aromatic nitrogens is 1. The number of nitrogen functional groups attached to an aromatic ring is 1. The third-order valence-corrected chi connectivity index (χ3v) is 2.50. The Hall–Kier alpha value is -2.11. The van der Waals surface area contributed by atoms with Crippen molar-refractivity contribution < 1.29 is 17.6 Å². The fraction of sp³-hybridized carbons (Fsp3) is 0.154. The Balaban J connectivity index is 2.33. The molecule has 0 amide bonds. The third-order valence-electron chi connectivity index (χ3n) is 2.50. The van der Waals surface area contributed by atoms with Gasteiger partial charge in [0.2, 0.25) is 0 Å². The van der Waals surface area contributed by atoms with E-state index in [9.17, 15) is 17.6 Å². The summed E-state index contributed by atoms with van der Waals surface area (Å²) in [5.41, 5.74) is 5.18. The second-order valence-corrected chi connectivity index (χ2v) is 4.08. The summed E-state index contributed by atoms with van der Waals surface area (Å²) in [4.78, 5) is 3.83. The molecule has 2 aromatic rings. The van der Waals surface area contributed by atoms with Crippen molar-refractivity contribution in [1.82, 2.24) is 4.98 Å². The van der Waals surface area contributed by atoms with Crippen molar-refractivity contribution in [1.29, 1.82) is 0 Å². The second kappa shape index (κ2) is 4.87. The molecule has 0 aliphatic rings. The summed E-state index contributed by atoms with van der Waals surface area (Å²) in [5, 5.41) is 0. The Morgan fingerprint density at radius 3 is 2.47 bits per heavy atom. The van der Waals surface area contributed by atoms with Gasteiger partial charge in [-0.2, -0.15) is 13.2 Å². The molecule has 0 unspecified atom stereocenters. The molecule has 0 saturated heterocycles. The van der Waals surface area contributed by atoms with Crippen LogP contribution in [-0.4, -0.2) is 4.98 Å². The summed E-state index contributed by atoms with van der Waals surface area (Å²) in [6, 6.07) is 7.30. The maximum absolute atomic E-state index is 13.0. The van der Waals surface area contributed by atoms with E-state index in [1.165, 1.54) is 18.2 Å². The first-order chi connectivity index (χ1) is 8.84. The predicted octanol–water partition coefficient (Wildman–Crippen LogP) is 3.41. The number of alkyl halides is 3. The Labute approximate surface area is 106 Å². The Bertz CT molecular complexity index is 593. The van der Waals surface area contributed by atoms with Gasteiger partial charge in [0, 0.05) is 12.1 Å². The molecule has 0 atom stereocenters. The first kappa shape index (κ1) is 13.3. The highest BCUT2D eigenvalue weighted by atomic mass is 19.4. The molecule has 0 spiro atoms. The Morgan fingerprint density at radius 2 is 1.84 bits per heavy atom. The van der Waals surface area contributed by atoms with E-state index in [0.29, 0.717) is 5.56 Å². The molecule has 6 heteroatoms. The first-order valence-electron chi connectivity index (χ1n) is 5.42. The van der Waals surface area contributed by atoms with E-state index in [1.54, 1.807) is 6.07 Å². The molecule has 2 rings (SSSR count). The van der Waals surface area contributed by atoms with E-state index in [4.69, 9.17) is 5.73 Å². The van der Waals surface area contributed by atoms with E-state index in [2.05, 4.69) is 4.98 Å². The zero-order valence-corrected chi connectivity index (χ0v) is 9.71. The van der Waals surface area contributed by atoms with Crippen LogP contribution in [0.25, 0.3) is 0 Å². The Kier molecular flexibility index (Phi) is 3.42. The van der Waals surface area contributed by atoms with Crippen molar-refractivity contribution in [3.8, 4) is 0 Å². The van der Waals surface area contributed by atoms with Gasteiger partial charge in [0.25, 0.3) is 0 Å². The third kappa shape index (κ3) is 3.43. The number of nitrogens with two attached hydrogens (primary N) is 1. The second-order valence-electron chi connectivity index (χ2n) is 4.08. The minimum Gasteiger partial charge on any atom is -0.384 e. The van der Waals surface area contributed by atoms with Gasteiger partial charge in [0.15, 0.2) is 0 Å². The van der Waals surface area contributed by atoms with Crippen molar-refractivity contribution >= 4 is 5.82 Å². The highest BCUT2D eigenvalue weighted by Crippen LogP contribution is 2.30. The van der Waals surface area contributed by atoms with Crippen molar-refractivity contribution in [3.63, 3.8) is 0 Å². The Morgan fingerprint density at radius 1 is 1.11 bits per heavy atom. The summed E-state index contributed by atoms with van der Waals surface area (Å²) in [7, 11) is 0. The van der Waals surface area contributed by atoms with Crippen LogP contribution in [0.5, 0.6) is 0 Å². The van der Waals surface area contributed by atoms with Gasteiger partial charge in [0.05, 0.1) is 5.56 Å². The molecule has 1 aromatic carbocycles. The van der Waals surface area contributed by atoms with Gasteiger partial charge in [-0.1, -0.05) is 12.1 Å². The first-order valence-corrected chi connectivity index (χ1v) is 5.42. The van der Waals surface area contributed by atoms with Crippen LogP contribution in [0.3, 0.4) is 0 Å². The van der Waals surface area contributed by atoms with Crippen molar-refractivity contribution in [3.05, 3.63) is 59.0 Å². The SMILES string of the molecule is Nc1cc(C(F)(F)F)cc(Cc2cccc(F)c2)n1. The predicted molar refractivity (Wildman–Crippen MR) is 62.9 cm³/mol. The zero-order valence-electron chi connectivity index (χ0n) is 9.71. The van der Waals surface area contributed by atoms with Crippen molar-refractivity contribution in [2.24, 2.45) is 0 Å². The molecule has 2 nitrogen and oxygen atoms in total. The molecule has 0 saturated carbocycles. The minimum absolute atomic E-state index is 0.0892. The van der Waals surface area contributed by atoms with Crippen molar-refractivity contribution in [2.75, 3.05) is 5.73 Å². The van der Waals surface area contributed by atoms with Crippen LogP contribution < -0.4 is 5.73 Å². The molecular weight excluding hydrogens is 260 g/mol. The van der Waals surface area contributed by atoms with Gasteiger partial charge >= 0.3 is 6.18 Å². The van der Waals surface area contributed by atoms with Gasteiger partial charge in [-0.15, -0.1) is 0 Å². The van der Waals surface area contributed by atoms with Crippen LogP contribution in [-0.2, 0) is 12.6 Å². The standard InChI is InChI=1S/C13H10F4N2/c14-10-3-1-2-8(4-10)5-11-6-9(13(15,16)17)7-12(18)19-11/h1-4,6-7H,5H2,(H2,18,19). The average Bonchev–Trinajstić information content (AvgIpc) is 2.26. The largest absolute Gasteiger partial charge is 0.416 e. The van der Waals surface area contributed by atoms with Gasteiger partial charge in [-0.25, -0.2) is 9.37 Å². The van der Waals surface area contributed by atoms with Crippen LogP contribution in [0.1, 0.15) is 16.8 Å². The van der Waals surface area contributed by atoms with Crippen LogP contribution >= 0.6 is 0 Å². The quantitative estimate of drug-likeness (QED) is 0.849. The molecule has 100 valence electrons. The topological polar surface area (TPSA) is 38.9 Å². The average molecular weight is 270 g/mol. The monoisotopic (exact) mass is 270 g/mol. The lowest BCUT2D eigenvalue weighted by Gasteiger charge is -2.09. The summed E-state index contributed by atoms with van der Waals surface area (Å²) >= 11 is 0. The summed E-state index contributed by atoms with van der Waals surface area (Å²) in [6.45, 7) is 0. The lowest BCUT2D eigenvalue weighted by atomic mass is 10.1. The van der Waals surface area contributed by atoms with E-state index in [-0.39, 0.29) is 17.9 Å². The molecule has 19 heavy (non-hydrogen) atoms. The van der Waals surface area contributed by atoms with Gasteiger partial charge < -0.3 is 5.73 Å². The minimum atomic E-state index is -4.48. The summed E-state index contributed by atoms with van der Waals surface area (Å²) in [6.07, 6.45) is -4.39. The normalized spacial score (nSPS) is 11.6. The smallest absolute Gasteiger partial charge is 0.384 e. The van der Waals surface area contributed by atoms with E-state index >= 15 is 0 Å². The highest BCUT2D eigenvalue weighted by molar-refractivity contribution is 5.38.